The molecule has 0 heterocycles. The van der Waals surface area contributed by atoms with Crippen molar-refractivity contribution in [3.05, 3.63) is 34.6 Å². The largest absolute Gasteiger partial charge is 0.480 e. The minimum Gasteiger partial charge on any atom is -0.480 e. The fourth-order valence-corrected chi connectivity index (χ4v) is 3.19. The summed E-state index contributed by atoms with van der Waals surface area (Å²) >= 11 is 5.56. The molecular weight excluding hydrogens is 309 g/mol. The number of aliphatic carboxylic acids is 1. The molecule has 5 nitrogen and oxygen atoms in total. The maximum Gasteiger partial charge on any atom is 0.321 e. The van der Waals surface area contributed by atoms with Crippen LogP contribution in [0.25, 0.3) is 0 Å². The van der Waals surface area contributed by atoms with Gasteiger partial charge < -0.3 is 5.11 Å². The Morgan fingerprint density at radius 1 is 1.50 bits per heavy atom. The molecule has 0 amide bonds. The molecule has 0 fully saturated rings. The van der Waals surface area contributed by atoms with Crippen molar-refractivity contribution >= 4 is 27.6 Å². The lowest BCUT2D eigenvalue weighted by molar-refractivity contribution is -0.139. The predicted molar refractivity (Wildman–Crippen MR) is 73.5 cm³/mol. The molecule has 0 aliphatic heterocycles. The Balaban J connectivity index is 2.83. The molecule has 1 unspecified atom stereocenters. The number of nitrogens with one attached hydrogen (secondary N) is 1. The first-order valence-corrected chi connectivity index (χ1v) is 7.95. The highest BCUT2D eigenvalue weighted by atomic mass is 35.5. The molecule has 0 aliphatic carbocycles. The number of carboxylic acids is 1. The van der Waals surface area contributed by atoms with E-state index in [2.05, 4.69) is 4.72 Å². The van der Waals surface area contributed by atoms with Gasteiger partial charge in [0.1, 0.15) is 11.9 Å². The van der Waals surface area contributed by atoms with Crippen LogP contribution < -0.4 is 4.72 Å². The maximum absolute atomic E-state index is 13.0. The quantitative estimate of drug-likeness (QED) is 0.805. The summed E-state index contributed by atoms with van der Waals surface area (Å²) in [6.07, 6.45) is 0.723. The van der Waals surface area contributed by atoms with Crippen LogP contribution in [0.15, 0.2) is 18.2 Å². The lowest BCUT2D eigenvalue weighted by atomic mass is 10.2. The smallest absolute Gasteiger partial charge is 0.321 e. The van der Waals surface area contributed by atoms with Crippen molar-refractivity contribution in [2.45, 2.75) is 31.6 Å². The van der Waals surface area contributed by atoms with Crippen molar-refractivity contribution in [2.75, 3.05) is 0 Å². The van der Waals surface area contributed by atoms with Gasteiger partial charge in [-0.2, -0.15) is 0 Å². The second-order valence-electron chi connectivity index (χ2n) is 4.30. The Morgan fingerprint density at radius 3 is 2.65 bits per heavy atom. The standard InChI is InChI=1S/C12H15ClFNO4S/c1-2-3-11(12(16)17)15-20(18,19)7-8-4-5-10(14)9(13)6-8/h4-6,11,15H,2-3,7H2,1H3,(H,16,17). The lowest BCUT2D eigenvalue weighted by Crippen LogP contribution is -2.41. The van der Waals surface area contributed by atoms with E-state index in [0.717, 1.165) is 6.07 Å². The summed E-state index contributed by atoms with van der Waals surface area (Å²) < 4.78 is 38.8. The van der Waals surface area contributed by atoms with E-state index in [-0.39, 0.29) is 17.0 Å². The molecular formula is C12H15ClFNO4S. The molecule has 0 radical (unpaired) electrons. The Hall–Kier alpha value is -1.18. The van der Waals surface area contributed by atoms with Crippen molar-refractivity contribution in [3.63, 3.8) is 0 Å². The Morgan fingerprint density at radius 2 is 2.15 bits per heavy atom. The predicted octanol–water partition coefficient (Wildman–Crippen LogP) is 2.15. The third kappa shape index (κ3) is 5.07. The van der Waals surface area contributed by atoms with E-state index in [1.165, 1.54) is 12.1 Å². The molecule has 0 aliphatic rings. The van der Waals surface area contributed by atoms with Gasteiger partial charge in [-0.25, -0.2) is 17.5 Å². The van der Waals surface area contributed by atoms with Gasteiger partial charge in [-0.1, -0.05) is 31.0 Å². The van der Waals surface area contributed by atoms with E-state index in [1.54, 1.807) is 6.92 Å². The van der Waals surface area contributed by atoms with Crippen LogP contribution in [-0.4, -0.2) is 25.5 Å². The van der Waals surface area contributed by atoms with Gasteiger partial charge >= 0.3 is 5.97 Å². The van der Waals surface area contributed by atoms with E-state index < -0.39 is 33.6 Å². The van der Waals surface area contributed by atoms with E-state index in [0.29, 0.717) is 6.42 Å². The van der Waals surface area contributed by atoms with Gasteiger partial charge in [0.15, 0.2) is 0 Å². The summed E-state index contributed by atoms with van der Waals surface area (Å²) in [6.45, 7) is 1.75. The summed E-state index contributed by atoms with van der Waals surface area (Å²) in [5, 5.41) is 8.74. The van der Waals surface area contributed by atoms with Crippen LogP contribution >= 0.6 is 11.6 Å². The molecule has 0 saturated heterocycles. The number of carbonyl (C=O) groups is 1. The molecule has 0 aromatic heterocycles. The summed E-state index contributed by atoms with van der Waals surface area (Å²) in [7, 11) is -3.84. The zero-order valence-corrected chi connectivity index (χ0v) is 12.3. The van der Waals surface area contributed by atoms with Gasteiger partial charge in [-0.05, 0) is 24.1 Å². The van der Waals surface area contributed by atoms with Gasteiger partial charge in [0.25, 0.3) is 0 Å². The molecule has 1 aromatic carbocycles. The first-order chi connectivity index (χ1) is 9.25. The van der Waals surface area contributed by atoms with Crippen LogP contribution in [-0.2, 0) is 20.6 Å². The molecule has 112 valence electrons. The molecule has 2 N–H and O–H groups in total. The highest BCUT2D eigenvalue weighted by Gasteiger charge is 2.23. The van der Waals surface area contributed by atoms with Crippen molar-refractivity contribution in [1.82, 2.24) is 4.72 Å². The number of hydrogen-bond acceptors (Lipinski definition) is 3. The first-order valence-electron chi connectivity index (χ1n) is 5.92. The fraction of sp³-hybridized carbons (Fsp3) is 0.417. The molecule has 1 aromatic rings. The molecule has 8 heteroatoms. The summed E-state index contributed by atoms with van der Waals surface area (Å²) in [5.41, 5.74) is 0.282. The maximum atomic E-state index is 13.0. The highest BCUT2D eigenvalue weighted by Crippen LogP contribution is 2.17. The summed E-state index contributed by atoms with van der Waals surface area (Å²) in [4.78, 5) is 10.9. The average molecular weight is 324 g/mol. The SMILES string of the molecule is CCCC(NS(=O)(=O)Cc1ccc(F)c(Cl)c1)C(=O)O. The third-order valence-electron chi connectivity index (χ3n) is 2.54. The lowest BCUT2D eigenvalue weighted by Gasteiger charge is -2.14. The molecule has 20 heavy (non-hydrogen) atoms. The number of carboxylic acid groups (broad SMARTS) is 1. The second-order valence-corrected chi connectivity index (χ2v) is 6.47. The van der Waals surface area contributed by atoms with Crippen LogP contribution in [0.5, 0.6) is 0 Å². The van der Waals surface area contributed by atoms with Crippen LogP contribution in [0.1, 0.15) is 25.3 Å². The number of hydrogen-bond donors (Lipinski definition) is 2. The Bertz CT molecular complexity index is 591. The van der Waals surface area contributed by atoms with Crippen LogP contribution in [0, 0.1) is 5.82 Å². The second kappa shape index (κ2) is 7.01. The monoisotopic (exact) mass is 323 g/mol. The van der Waals surface area contributed by atoms with E-state index >= 15 is 0 Å². The van der Waals surface area contributed by atoms with Crippen LogP contribution in [0.2, 0.25) is 5.02 Å². The van der Waals surface area contributed by atoms with Crippen molar-refractivity contribution in [3.8, 4) is 0 Å². The summed E-state index contributed by atoms with van der Waals surface area (Å²) in [5.74, 6) is -2.33. The Kier molecular flexibility index (Phi) is 5.91. The normalized spacial score (nSPS) is 13.2. The topological polar surface area (TPSA) is 83.5 Å². The number of sulfonamides is 1. The minimum absolute atomic E-state index is 0.180. The molecule has 0 bridgehead atoms. The van der Waals surface area contributed by atoms with Crippen molar-refractivity contribution in [1.29, 1.82) is 0 Å². The average Bonchev–Trinajstić information content (AvgIpc) is 2.32. The number of rotatable bonds is 7. The van der Waals surface area contributed by atoms with E-state index in [1.807, 2.05) is 0 Å². The molecule has 1 atom stereocenters. The van der Waals surface area contributed by atoms with E-state index in [9.17, 15) is 17.6 Å². The van der Waals surface area contributed by atoms with Crippen molar-refractivity contribution in [2.24, 2.45) is 0 Å². The fourth-order valence-electron chi connectivity index (χ4n) is 1.63. The van der Waals surface area contributed by atoms with Crippen LogP contribution in [0.4, 0.5) is 4.39 Å². The number of benzene rings is 1. The molecule has 0 saturated carbocycles. The molecule has 0 spiro atoms. The highest BCUT2D eigenvalue weighted by molar-refractivity contribution is 7.88. The third-order valence-corrected chi connectivity index (χ3v) is 4.18. The van der Waals surface area contributed by atoms with Crippen LogP contribution in [0.3, 0.4) is 0 Å². The number of halogens is 2. The zero-order chi connectivity index (χ0) is 15.3. The van der Waals surface area contributed by atoms with Crippen molar-refractivity contribution < 1.29 is 22.7 Å². The zero-order valence-electron chi connectivity index (χ0n) is 10.8. The molecule has 1 rings (SSSR count). The van der Waals surface area contributed by atoms with Gasteiger partial charge in [-0.3, -0.25) is 4.79 Å². The minimum atomic E-state index is -3.84. The van der Waals surface area contributed by atoms with Gasteiger partial charge in [0.2, 0.25) is 10.0 Å². The van der Waals surface area contributed by atoms with Gasteiger partial charge in [0.05, 0.1) is 10.8 Å². The van der Waals surface area contributed by atoms with Gasteiger partial charge in [-0.15, -0.1) is 0 Å². The van der Waals surface area contributed by atoms with Gasteiger partial charge in [0, 0.05) is 0 Å². The summed E-state index contributed by atoms with van der Waals surface area (Å²) in [6, 6.07) is 2.39. The first kappa shape index (κ1) is 16.9. The Labute approximate surface area is 121 Å². The van der Waals surface area contributed by atoms with E-state index in [4.69, 9.17) is 16.7 Å².